The number of aliphatic hydroxyl groups excluding tert-OH is 1. The van der Waals surface area contributed by atoms with Gasteiger partial charge in [-0.1, -0.05) is 48.5 Å². The van der Waals surface area contributed by atoms with Crippen molar-refractivity contribution >= 4 is 38.8 Å². The number of imidazole rings is 1. The molecule has 13 heteroatoms. The summed E-state index contributed by atoms with van der Waals surface area (Å²) in [6.07, 6.45) is 0.0840. The molecule has 1 aliphatic heterocycles. The Morgan fingerprint density at radius 1 is 1.14 bits per heavy atom. The Kier molecular flexibility index (Phi) is 6.39. The molecule has 0 spiro atoms. The number of para-hydroxylation sites is 1. The Morgan fingerprint density at radius 2 is 1.86 bits per heavy atom. The highest BCUT2D eigenvalue weighted by Crippen LogP contribution is 2.33. The lowest BCUT2D eigenvalue weighted by atomic mass is 10.1. The van der Waals surface area contributed by atoms with Crippen molar-refractivity contribution in [2.45, 2.75) is 17.9 Å². The lowest BCUT2D eigenvalue weighted by Crippen LogP contribution is -2.48. The number of hydrogen-bond donors (Lipinski definition) is 5. The van der Waals surface area contributed by atoms with Crippen molar-refractivity contribution in [3.63, 3.8) is 0 Å². The van der Waals surface area contributed by atoms with Crippen molar-refractivity contribution in [3.8, 4) is 11.4 Å². The van der Waals surface area contributed by atoms with Crippen molar-refractivity contribution in [3.05, 3.63) is 71.9 Å². The number of anilines is 2. The van der Waals surface area contributed by atoms with E-state index < -0.39 is 28.0 Å². The van der Waals surface area contributed by atoms with Gasteiger partial charge in [0.1, 0.15) is 17.7 Å². The number of benzene rings is 2. The van der Waals surface area contributed by atoms with E-state index >= 15 is 0 Å². The molecule has 1 aliphatic rings. The summed E-state index contributed by atoms with van der Waals surface area (Å²) < 4.78 is 34.1. The quantitative estimate of drug-likeness (QED) is 0.215. The number of nitrogens with one attached hydrogen (secondary N) is 1. The summed E-state index contributed by atoms with van der Waals surface area (Å²) in [6, 6.07) is 15.9. The normalized spacial score (nSPS) is 22.2. The number of nitrogen functional groups attached to an aromatic ring is 2. The zero-order valence-electron chi connectivity index (χ0n) is 19.5. The third-order valence-electron chi connectivity index (χ3n) is 6.12. The molecule has 2 aromatic heterocycles. The number of hydrogen-bond acceptors (Lipinski definition) is 10. The number of sulfonamides is 1. The molecule has 4 aromatic rings. The van der Waals surface area contributed by atoms with Crippen LogP contribution in [0.5, 0.6) is 0 Å². The van der Waals surface area contributed by atoms with Crippen LogP contribution in [-0.4, -0.2) is 63.5 Å². The van der Waals surface area contributed by atoms with E-state index in [0.29, 0.717) is 22.6 Å². The van der Waals surface area contributed by atoms with Gasteiger partial charge in [0.15, 0.2) is 23.0 Å². The Morgan fingerprint density at radius 3 is 2.62 bits per heavy atom. The molecule has 0 amide bonds. The van der Waals surface area contributed by atoms with Gasteiger partial charge in [-0.05, 0) is 17.7 Å². The first-order chi connectivity index (χ1) is 17.7. The number of aromatic nitrogens is 4. The van der Waals surface area contributed by atoms with E-state index in [2.05, 4.69) is 19.7 Å². The monoisotopic (exact) mass is 523 g/mol. The van der Waals surface area contributed by atoms with Crippen molar-refractivity contribution < 1.29 is 23.4 Å². The number of nitrogens with zero attached hydrogens (tertiary/aromatic N) is 4. The largest absolute Gasteiger partial charge is 0.398 e. The minimum absolute atomic E-state index is 0.106. The highest BCUT2D eigenvalue weighted by Gasteiger charge is 2.50. The predicted octanol–water partition coefficient (Wildman–Crippen LogP) is 0.653. The van der Waals surface area contributed by atoms with Gasteiger partial charge < -0.3 is 26.4 Å². The second-order valence-corrected chi connectivity index (χ2v) is 10.2. The van der Waals surface area contributed by atoms with Crippen LogP contribution >= 0.6 is 0 Å². The second-order valence-electron chi connectivity index (χ2n) is 8.58. The lowest BCUT2D eigenvalue weighted by molar-refractivity contribution is -0.107. The molecule has 0 aliphatic carbocycles. The first-order valence-electron chi connectivity index (χ1n) is 11.3. The molecule has 1 fully saturated rings. The molecule has 1 saturated heterocycles. The van der Waals surface area contributed by atoms with E-state index in [1.54, 1.807) is 24.3 Å². The molecular formula is C24H25N7O5S. The number of nitrogens with two attached hydrogens (primary N) is 2. The summed E-state index contributed by atoms with van der Waals surface area (Å²) in [5.41, 5.74) is 12.1. The van der Waals surface area contributed by atoms with E-state index in [9.17, 15) is 18.6 Å². The fourth-order valence-corrected chi connectivity index (χ4v) is 4.90. The maximum absolute atomic E-state index is 12.5. The van der Waals surface area contributed by atoms with E-state index in [-0.39, 0.29) is 30.1 Å². The van der Waals surface area contributed by atoms with E-state index in [0.717, 1.165) is 5.41 Å². The van der Waals surface area contributed by atoms with Gasteiger partial charge in [-0.2, -0.15) is 0 Å². The van der Waals surface area contributed by atoms with Gasteiger partial charge >= 0.3 is 0 Å². The minimum Gasteiger partial charge on any atom is -0.398 e. The molecule has 0 unspecified atom stereocenters. The summed E-state index contributed by atoms with van der Waals surface area (Å²) in [7, 11) is -3.89. The molecule has 3 atom stereocenters. The van der Waals surface area contributed by atoms with E-state index in [1.807, 2.05) is 30.3 Å². The summed E-state index contributed by atoms with van der Waals surface area (Å²) >= 11 is 0. The fraction of sp³-hybridized carbons (Fsp3) is 0.208. The van der Waals surface area contributed by atoms with Crippen LogP contribution in [0.2, 0.25) is 0 Å². The van der Waals surface area contributed by atoms with Crippen LogP contribution in [-0.2, 0) is 20.5 Å². The standard InChI is InChI=1S/C24H25N7O5S/c25-17-9-5-4-6-15(17)10-11-37(34,35)28-12-18-20(32)24(33,13-36-18)31-14-27-19-21(26)29-22(30-23(19)31)16-7-2-1-3-8-16/h1-11,14,18,20,28,32-33H,12-13,25H2,(H2,26,29,30)/b11-10+/t18-,20-,24+/m1/s1. The maximum Gasteiger partial charge on any atom is 0.233 e. The molecule has 0 saturated carbocycles. The Balaban J connectivity index is 1.36. The molecule has 192 valence electrons. The van der Waals surface area contributed by atoms with Crippen LogP contribution in [0.4, 0.5) is 11.5 Å². The first kappa shape index (κ1) is 24.8. The molecule has 0 bridgehead atoms. The van der Waals surface area contributed by atoms with Gasteiger partial charge in [0.2, 0.25) is 10.0 Å². The van der Waals surface area contributed by atoms with Crippen LogP contribution in [0.1, 0.15) is 5.56 Å². The number of rotatable bonds is 7. The molecule has 0 radical (unpaired) electrons. The van der Waals surface area contributed by atoms with E-state index in [1.165, 1.54) is 17.0 Å². The third kappa shape index (κ3) is 4.77. The topological polar surface area (TPSA) is 191 Å². The molecule has 2 aromatic carbocycles. The summed E-state index contributed by atoms with van der Waals surface area (Å²) in [5, 5.41) is 23.3. The SMILES string of the molecule is Nc1ccccc1/C=C/S(=O)(=O)NC[C@H]1OC[C@@](O)(n2cnc3c(N)nc(-c4ccccc4)nc32)[C@@H]1O. The zero-order chi connectivity index (χ0) is 26.2. The first-order valence-corrected chi connectivity index (χ1v) is 12.8. The van der Waals surface area contributed by atoms with Gasteiger partial charge in [-0.3, -0.25) is 4.57 Å². The average Bonchev–Trinajstić information content (AvgIpc) is 3.45. The molecule has 37 heavy (non-hydrogen) atoms. The average molecular weight is 524 g/mol. The zero-order valence-corrected chi connectivity index (χ0v) is 20.3. The van der Waals surface area contributed by atoms with Crippen molar-refractivity contribution in [1.82, 2.24) is 24.2 Å². The number of fused-ring (bicyclic) bond motifs is 1. The predicted molar refractivity (Wildman–Crippen MR) is 138 cm³/mol. The molecular weight excluding hydrogens is 498 g/mol. The third-order valence-corrected chi connectivity index (χ3v) is 7.18. The highest BCUT2D eigenvalue weighted by atomic mass is 32.2. The van der Waals surface area contributed by atoms with Gasteiger partial charge in [0.25, 0.3) is 0 Å². The van der Waals surface area contributed by atoms with Crippen LogP contribution in [0.15, 0.2) is 66.3 Å². The highest BCUT2D eigenvalue weighted by molar-refractivity contribution is 7.92. The lowest BCUT2D eigenvalue weighted by Gasteiger charge is -2.28. The van der Waals surface area contributed by atoms with Gasteiger partial charge in [0.05, 0.1) is 12.9 Å². The van der Waals surface area contributed by atoms with Crippen molar-refractivity contribution in [2.24, 2.45) is 0 Å². The Bertz CT molecular complexity index is 1580. The number of aliphatic hydroxyl groups is 2. The van der Waals surface area contributed by atoms with Gasteiger partial charge in [-0.15, -0.1) is 0 Å². The van der Waals surface area contributed by atoms with Crippen LogP contribution < -0.4 is 16.2 Å². The summed E-state index contributed by atoms with van der Waals surface area (Å²) in [5.74, 6) is 0.425. The smallest absolute Gasteiger partial charge is 0.233 e. The van der Waals surface area contributed by atoms with Crippen molar-refractivity contribution in [1.29, 1.82) is 0 Å². The minimum atomic E-state index is -3.89. The van der Waals surface area contributed by atoms with Crippen LogP contribution in [0.25, 0.3) is 28.6 Å². The maximum atomic E-state index is 12.5. The number of ether oxygens (including phenoxy) is 1. The van der Waals surface area contributed by atoms with Crippen LogP contribution in [0, 0.1) is 0 Å². The summed E-state index contributed by atoms with van der Waals surface area (Å²) in [4.78, 5) is 13.0. The molecule has 12 nitrogen and oxygen atoms in total. The van der Waals surface area contributed by atoms with Crippen molar-refractivity contribution in [2.75, 3.05) is 24.6 Å². The second kappa shape index (κ2) is 9.53. The molecule has 5 rings (SSSR count). The molecule has 7 N–H and O–H groups in total. The van der Waals surface area contributed by atoms with Gasteiger partial charge in [0, 0.05) is 23.2 Å². The molecule has 3 heterocycles. The summed E-state index contributed by atoms with van der Waals surface area (Å²) in [6.45, 7) is -0.633. The fourth-order valence-electron chi connectivity index (χ4n) is 4.08. The van der Waals surface area contributed by atoms with Gasteiger partial charge in [-0.25, -0.2) is 28.1 Å². The van der Waals surface area contributed by atoms with E-state index in [4.69, 9.17) is 16.2 Å². The van der Waals surface area contributed by atoms with Crippen LogP contribution in [0.3, 0.4) is 0 Å². The Hall–Kier alpha value is -3.88. The Labute approximate surface area is 212 Å².